The molecule has 0 unspecified atom stereocenters. The zero-order valence-corrected chi connectivity index (χ0v) is 29.2. The minimum absolute atomic E-state index is 0.0841. The fourth-order valence-electron chi connectivity index (χ4n) is 8.43. The lowest BCUT2D eigenvalue weighted by atomic mass is 9.50. The Hall–Kier alpha value is -2.84. The Kier molecular flexibility index (Phi) is 12.1. The van der Waals surface area contributed by atoms with Crippen molar-refractivity contribution >= 4 is 11.9 Å². The van der Waals surface area contributed by atoms with Crippen LogP contribution in [0.3, 0.4) is 0 Å². The zero-order valence-electron chi connectivity index (χ0n) is 29.2. The minimum Gasteiger partial charge on any atom is -0.493 e. The molecule has 0 radical (unpaired) electrons. The van der Waals surface area contributed by atoms with Crippen LogP contribution in [0.15, 0.2) is 36.1 Å². The van der Waals surface area contributed by atoms with Crippen molar-refractivity contribution in [2.45, 2.75) is 152 Å². The van der Waals surface area contributed by atoms with Crippen LogP contribution >= 0.6 is 0 Å². The third-order valence-corrected chi connectivity index (χ3v) is 11.1. The molecule has 4 aliphatic rings. The summed E-state index contributed by atoms with van der Waals surface area (Å²) in [6.45, 7) is 4.59. The number of benzene rings is 1. The van der Waals surface area contributed by atoms with Crippen LogP contribution in [0.4, 0.5) is 0 Å². The first kappa shape index (κ1) is 35.5. The number of allylic oxidation sites excluding steroid dienone is 2. The number of carbonyl (C=O) groups is 2. The third kappa shape index (κ3) is 7.29. The Balaban J connectivity index is 1.05. The van der Waals surface area contributed by atoms with Crippen LogP contribution in [0, 0.1) is 0 Å². The van der Waals surface area contributed by atoms with Gasteiger partial charge in [0.05, 0.1) is 18.1 Å². The first-order chi connectivity index (χ1) is 22.8. The molecule has 1 N–H and O–H groups in total. The Morgan fingerprint density at radius 1 is 1.04 bits per heavy atom. The van der Waals surface area contributed by atoms with Crippen LogP contribution in [0.5, 0.6) is 11.5 Å². The van der Waals surface area contributed by atoms with Crippen molar-refractivity contribution in [3.05, 3.63) is 47.2 Å². The summed E-state index contributed by atoms with van der Waals surface area (Å²) >= 11 is 0. The summed E-state index contributed by atoms with van der Waals surface area (Å²) < 4.78 is 23.6. The number of hydrogen-bond donors (Lipinski definition) is 1. The van der Waals surface area contributed by atoms with Crippen molar-refractivity contribution in [1.29, 1.82) is 0 Å². The minimum atomic E-state index is -1.08. The van der Waals surface area contributed by atoms with Gasteiger partial charge >= 0.3 is 11.9 Å². The maximum atomic E-state index is 13.2. The average molecular weight is 652 g/mol. The molecule has 0 saturated carbocycles. The van der Waals surface area contributed by atoms with Crippen LogP contribution in [-0.4, -0.2) is 66.5 Å². The molecular weight excluding hydrogens is 594 g/mol. The van der Waals surface area contributed by atoms with Crippen LogP contribution in [0.1, 0.15) is 128 Å². The highest BCUT2D eigenvalue weighted by molar-refractivity contribution is 5.80. The van der Waals surface area contributed by atoms with E-state index in [9.17, 15) is 14.7 Å². The summed E-state index contributed by atoms with van der Waals surface area (Å²) in [5.74, 6) is 0.579. The summed E-state index contributed by atoms with van der Waals surface area (Å²) in [5, 5.41) is 12.3. The van der Waals surface area contributed by atoms with E-state index in [2.05, 4.69) is 37.1 Å². The van der Waals surface area contributed by atoms with Gasteiger partial charge in [-0.15, -0.1) is 0 Å². The van der Waals surface area contributed by atoms with Gasteiger partial charge in [-0.25, -0.2) is 4.79 Å². The lowest BCUT2D eigenvalue weighted by molar-refractivity contribution is -0.175. The molecule has 1 spiro atoms. The maximum Gasteiger partial charge on any atom is 0.352 e. The van der Waals surface area contributed by atoms with Gasteiger partial charge in [-0.05, 0) is 83.2 Å². The first-order valence-electron chi connectivity index (χ1n) is 18.3. The molecule has 0 amide bonds. The van der Waals surface area contributed by atoms with Crippen molar-refractivity contribution < 1.29 is 33.6 Å². The van der Waals surface area contributed by atoms with Crippen molar-refractivity contribution in [3.8, 4) is 11.5 Å². The lowest BCUT2D eigenvalue weighted by Gasteiger charge is -2.61. The predicted octanol–water partition coefficient (Wildman–Crippen LogP) is 7.49. The number of unbranched alkanes of at least 4 members (excludes halogenated alkanes) is 11. The van der Waals surface area contributed by atoms with Crippen LogP contribution in [0.2, 0.25) is 0 Å². The Bertz CT molecular complexity index is 1310. The van der Waals surface area contributed by atoms with E-state index in [1.165, 1.54) is 51.4 Å². The van der Waals surface area contributed by atoms with E-state index in [4.69, 9.17) is 18.9 Å². The van der Waals surface area contributed by atoms with Gasteiger partial charge in [0.1, 0.15) is 5.76 Å². The second-order valence-corrected chi connectivity index (χ2v) is 14.2. The highest BCUT2D eigenvalue weighted by atomic mass is 16.6. The Morgan fingerprint density at radius 3 is 2.43 bits per heavy atom. The second kappa shape index (κ2) is 16.0. The largest absolute Gasteiger partial charge is 0.493 e. The lowest BCUT2D eigenvalue weighted by Crippen LogP contribution is -2.74. The molecule has 5 atom stereocenters. The summed E-state index contributed by atoms with van der Waals surface area (Å²) in [4.78, 5) is 28.0. The number of carbonyl (C=O) groups excluding carboxylic acids is 2. The van der Waals surface area contributed by atoms with Gasteiger partial charge in [-0.1, -0.05) is 76.5 Å². The van der Waals surface area contributed by atoms with Crippen LogP contribution in [0.25, 0.3) is 0 Å². The number of methoxy groups -OCH3 is 1. The molecule has 8 nitrogen and oxygen atoms in total. The maximum absolute atomic E-state index is 13.2. The molecule has 0 aromatic heterocycles. The number of rotatable bonds is 19. The first-order valence-corrected chi connectivity index (χ1v) is 18.3. The van der Waals surface area contributed by atoms with E-state index < -0.39 is 29.2 Å². The van der Waals surface area contributed by atoms with Crippen LogP contribution in [-0.2, 0) is 30.9 Å². The van der Waals surface area contributed by atoms with Gasteiger partial charge in [-0.2, -0.15) is 0 Å². The molecule has 2 heterocycles. The van der Waals surface area contributed by atoms with E-state index in [0.717, 1.165) is 49.8 Å². The predicted molar refractivity (Wildman–Crippen MR) is 183 cm³/mol. The van der Waals surface area contributed by atoms with Gasteiger partial charge in [0, 0.05) is 24.4 Å². The van der Waals surface area contributed by atoms with Crippen molar-refractivity contribution in [1.82, 2.24) is 4.90 Å². The van der Waals surface area contributed by atoms with Gasteiger partial charge in [0.15, 0.2) is 23.7 Å². The van der Waals surface area contributed by atoms with E-state index in [1.54, 1.807) is 20.1 Å². The SMILES string of the molecule is CCCCCCCC/C=C\CCCCCCCC(=O)O[C@@H](C)C(=O)OC1=CC[C@]2(O)[C@@H]3Cc4ccc(OC)c5c4[C@]2(CCN3C)[C@@H]1O5. The average Bonchev–Trinajstić information content (AvgIpc) is 3.42. The Morgan fingerprint density at radius 2 is 1.72 bits per heavy atom. The summed E-state index contributed by atoms with van der Waals surface area (Å²) in [6, 6.07) is 3.90. The summed E-state index contributed by atoms with van der Waals surface area (Å²) in [7, 11) is 3.67. The molecule has 5 rings (SSSR count). The van der Waals surface area contributed by atoms with E-state index in [-0.39, 0.29) is 18.4 Å². The number of esters is 2. The smallest absolute Gasteiger partial charge is 0.352 e. The Labute approximate surface area is 281 Å². The number of likely N-dealkylation sites (N-methyl/N-ethyl adjacent to an activating group) is 1. The molecule has 47 heavy (non-hydrogen) atoms. The monoisotopic (exact) mass is 651 g/mol. The van der Waals surface area contributed by atoms with E-state index in [1.807, 2.05) is 6.07 Å². The number of piperidine rings is 1. The molecule has 8 heteroatoms. The van der Waals surface area contributed by atoms with Crippen molar-refractivity contribution in [2.24, 2.45) is 0 Å². The molecule has 260 valence electrons. The molecule has 1 fully saturated rings. The highest BCUT2D eigenvalue weighted by Crippen LogP contribution is 2.65. The number of hydrogen-bond acceptors (Lipinski definition) is 8. The van der Waals surface area contributed by atoms with Crippen LogP contribution < -0.4 is 9.47 Å². The fraction of sp³-hybridized carbons (Fsp3) is 0.692. The topological polar surface area (TPSA) is 94.5 Å². The molecule has 2 aliphatic carbocycles. The number of nitrogens with zero attached hydrogens (tertiary/aromatic N) is 1. The number of likely N-dealkylation sites (tertiary alicyclic amines) is 1. The normalized spacial score (nSPS) is 26.4. The number of ether oxygens (including phenoxy) is 4. The van der Waals surface area contributed by atoms with Gasteiger partial charge < -0.3 is 29.0 Å². The highest BCUT2D eigenvalue weighted by Gasteiger charge is 2.72. The van der Waals surface area contributed by atoms with E-state index in [0.29, 0.717) is 36.5 Å². The molecule has 2 bridgehead atoms. The zero-order chi connectivity index (χ0) is 33.4. The van der Waals surface area contributed by atoms with Gasteiger partial charge in [0.2, 0.25) is 0 Å². The second-order valence-electron chi connectivity index (χ2n) is 14.2. The number of aliphatic hydroxyl groups is 1. The molecular formula is C39H57NO7. The van der Waals surface area contributed by atoms with Gasteiger partial charge in [-0.3, -0.25) is 4.79 Å². The van der Waals surface area contributed by atoms with Crippen molar-refractivity contribution in [2.75, 3.05) is 20.7 Å². The van der Waals surface area contributed by atoms with Crippen molar-refractivity contribution in [3.63, 3.8) is 0 Å². The van der Waals surface area contributed by atoms with E-state index >= 15 is 0 Å². The third-order valence-electron chi connectivity index (χ3n) is 11.1. The molecule has 1 aromatic rings. The fourth-order valence-corrected chi connectivity index (χ4v) is 8.43. The standard InChI is InChI=1S/C39H57NO7/c1-5-6-7-8-9-10-11-12-13-14-15-16-17-18-19-20-33(41)45-28(2)37(42)46-31-23-24-39(43)32-27-29-21-22-30(44-4)35-34(29)38(39,36(31)47-35)25-26-40(32)3/h12-13,21-23,28,32,36,43H,5-11,14-20,24-27H2,1-4H3/b13-12-/t28-,32-,36+,38+,39-/m0/s1. The quantitative estimate of drug-likeness (QED) is 0.0935. The molecule has 2 aliphatic heterocycles. The molecule has 1 saturated heterocycles. The summed E-state index contributed by atoms with van der Waals surface area (Å²) in [6.07, 6.45) is 22.2. The molecule has 1 aromatic carbocycles. The summed E-state index contributed by atoms with van der Waals surface area (Å²) in [5.41, 5.74) is 0.285. The van der Waals surface area contributed by atoms with Gasteiger partial charge in [0.25, 0.3) is 0 Å².